The predicted octanol–water partition coefficient (Wildman–Crippen LogP) is 4.91. The minimum absolute atomic E-state index is 0.00317. The molecule has 0 unspecified atom stereocenters. The first-order valence-electron chi connectivity index (χ1n) is 6.38. The normalized spacial score (nSPS) is 16.7. The fraction of sp³-hybridized carbons (Fsp3) is 0.0667. The Morgan fingerprint density at radius 2 is 2.09 bits per heavy atom. The van der Waals surface area contributed by atoms with Crippen molar-refractivity contribution in [3.63, 3.8) is 0 Å². The molecule has 2 heterocycles. The molecule has 0 saturated carbocycles. The minimum atomic E-state index is -0.472. The molecule has 0 radical (unpaired) electrons. The average molecular weight is 464 g/mol. The van der Waals surface area contributed by atoms with E-state index in [1.807, 2.05) is 22.6 Å². The standard InChI is InChI=1S/C15H8ClFINO3S/c16-11-5-9(17)2-1-8(11)7-19-14(20)12(23-15(19)21)6-10-3-4-13(18)22-10/h1-6H,7H2/b12-6-. The number of hydrogen-bond donors (Lipinski definition) is 0. The van der Waals surface area contributed by atoms with E-state index in [2.05, 4.69) is 0 Å². The Kier molecular flexibility index (Phi) is 4.79. The molecule has 2 amide bonds. The number of thioether (sulfide) groups is 1. The van der Waals surface area contributed by atoms with E-state index in [0.29, 0.717) is 15.1 Å². The zero-order chi connectivity index (χ0) is 16.6. The van der Waals surface area contributed by atoms with Gasteiger partial charge in [-0.25, -0.2) is 4.39 Å². The number of benzene rings is 1. The average Bonchev–Trinajstić information content (AvgIpc) is 3.00. The third-order valence-electron chi connectivity index (χ3n) is 3.08. The highest BCUT2D eigenvalue weighted by Crippen LogP contribution is 2.34. The summed E-state index contributed by atoms with van der Waals surface area (Å²) in [4.78, 5) is 25.8. The maximum absolute atomic E-state index is 13.1. The molecule has 0 N–H and O–H groups in total. The summed E-state index contributed by atoms with van der Waals surface area (Å²) in [6.45, 7) is -0.00317. The van der Waals surface area contributed by atoms with E-state index in [0.717, 1.165) is 22.7 Å². The number of carbonyl (C=O) groups excluding carboxylic acids is 2. The highest BCUT2D eigenvalue weighted by atomic mass is 127. The molecule has 1 aromatic heterocycles. The quantitative estimate of drug-likeness (QED) is 0.479. The molecule has 3 rings (SSSR count). The van der Waals surface area contributed by atoms with Gasteiger partial charge in [-0.05, 0) is 64.2 Å². The number of amides is 2. The summed E-state index contributed by atoms with van der Waals surface area (Å²) in [6, 6.07) is 7.32. The molecule has 2 aromatic rings. The van der Waals surface area contributed by atoms with E-state index in [1.165, 1.54) is 18.2 Å². The SMILES string of the molecule is O=C1S/C(=C\c2ccc(I)o2)C(=O)N1Cc1ccc(F)cc1Cl. The number of nitrogens with zero attached hydrogens (tertiary/aromatic N) is 1. The van der Waals surface area contributed by atoms with Crippen LogP contribution in [0.2, 0.25) is 5.02 Å². The summed E-state index contributed by atoms with van der Waals surface area (Å²) in [5, 5.41) is -0.225. The highest BCUT2D eigenvalue weighted by molar-refractivity contribution is 14.1. The molecule has 0 atom stereocenters. The van der Waals surface area contributed by atoms with Crippen molar-refractivity contribution in [2.75, 3.05) is 0 Å². The van der Waals surface area contributed by atoms with Gasteiger partial charge in [-0.1, -0.05) is 17.7 Å². The molecule has 1 aromatic carbocycles. The lowest BCUT2D eigenvalue weighted by atomic mass is 10.2. The van der Waals surface area contributed by atoms with Crippen LogP contribution in [0.1, 0.15) is 11.3 Å². The smallest absolute Gasteiger partial charge is 0.293 e. The van der Waals surface area contributed by atoms with E-state index in [-0.39, 0.29) is 16.5 Å². The van der Waals surface area contributed by atoms with Crippen LogP contribution in [0.5, 0.6) is 0 Å². The van der Waals surface area contributed by atoms with Gasteiger partial charge >= 0.3 is 0 Å². The Hall–Kier alpha value is -1.32. The van der Waals surface area contributed by atoms with Crippen LogP contribution >= 0.6 is 46.0 Å². The van der Waals surface area contributed by atoms with E-state index in [1.54, 1.807) is 12.1 Å². The molecule has 4 nitrogen and oxygen atoms in total. The molecular formula is C15H8ClFINO3S. The van der Waals surface area contributed by atoms with Gasteiger partial charge in [0.25, 0.3) is 11.1 Å². The van der Waals surface area contributed by atoms with Gasteiger partial charge < -0.3 is 4.42 Å². The number of hydrogen-bond acceptors (Lipinski definition) is 4. The number of furan rings is 1. The summed E-state index contributed by atoms with van der Waals surface area (Å²) in [5.41, 5.74) is 0.504. The van der Waals surface area contributed by atoms with E-state index in [9.17, 15) is 14.0 Å². The maximum Gasteiger partial charge on any atom is 0.293 e. The van der Waals surface area contributed by atoms with Gasteiger partial charge in [-0.3, -0.25) is 14.5 Å². The van der Waals surface area contributed by atoms with Crippen molar-refractivity contribution < 1.29 is 18.4 Å². The second-order valence-corrected chi connectivity index (χ2v) is 7.11. The van der Waals surface area contributed by atoms with E-state index in [4.69, 9.17) is 16.0 Å². The van der Waals surface area contributed by atoms with Crippen LogP contribution in [-0.2, 0) is 11.3 Å². The number of carbonyl (C=O) groups is 2. The van der Waals surface area contributed by atoms with Crippen molar-refractivity contribution in [3.8, 4) is 0 Å². The second kappa shape index (κ2) is 6.66. The molecule has 0 bridgehead atoms. The van der Waals surface area contributed by atoms with Crippen molar-refractivity contribution in [3.05, 3.63) is 61.2 Å². The van der Waals surface area contributed by atoms with Crippen LogP contribution in [0.3, 0.4) is 0 Å². The Labute approximate surface area is 153 Å². The summed E-state index contributed by atoms with van der Waals surface area (Å²) in [6.07, 6.45) is 1.53. The van der Waals surface area contributed by atoms with Crippen molar-refractivity contribution in [2.45, 2.75) is 6.54 Å². The Balaban J connectivity index is 1.82. The number of rotatable bonds is 3. The zero-order valence-corrected chi connectivity index (χ0v) is 15.1. The van der Waals surface area contributed by atoms with Crippen molar-refractivity contribution in [1.82, 2.24) is 4.90 Å². The van der Waals surface area contributed by atoms with Crippen LogP contribution in [0.4, 0.5) is 9.18 Å². The number of imide groups is 1. The monoisotopic (exact) mass is 463 g/mol. The Bertz CT molecular complexity index is 836. The first-order valence-corrected chi connectivity index (χ1v) is 8.66. The van der Waals surface area contributed by atoms with Crippen molar-refractivity contribution in [1.29, 1.82) is 0 Å². The summed E-state index contributed by atoms with van der Waals surface area (Å²) in [5.74, 6) is -0.397. The first kappa shape index (κ1) is 16.5. The summed E-state index contributed by atoms with van der Waals surface area (Å²) in [7, 11) is 0. The van der Waals surface area contributed by atoms with Crippen LogP contribution < -0.4 is 0 Å². The topological polar surface area (TPSA) is 50.5 Å². The largest absolute Gasteiger partial charge is 0.451 e. The van der Waals surface area contributed by atoms with Crippen LogP contribution in [0.25, 0.3) is 6.08 Å². The molecular weight excluding hydrogens is 456 g/mol. The van der Waals surface area contributed by atoms with Gasteiger partial charge in [-0.15, -0.1) is 0 Å². The predicted molar refractivity (Wildman–Crippen MR) is 94.3 cm³/mol. The minimum Gasteiger partial charge on any atom is -0.451 e. The van der Waals surface area contributed by atoms with Gasteiger partial charge in [0.15, 0.2) is 3.77 Å². The van der Waals surface area contributed by atoms with Gasteiger partial charge in [0.05, 0.1) is 11.4 Å². The molecule has 118 valence electrons. The van der Waals surface area contributed by atoms with Crippen molar-refractivity contribution in [2.24, 2.45) is 0 Å². The van der Waals surface area contributed by atoms with Crippen LogP contribution in [-0.4, -0.2) is 16.0 Å². The lowest BCUT2D eigenvalue weighted by Gasteiger charge is -2.13. The summed E-state index contributed by atoms with van der Waals surface area (Å²) < 4.78 is 19.1. The Morgan fingerprint density at radius 3 is 2.74 bits per heavy atom. The molecule has 23 heavy (non-hydrogen) atoms. The molecule has 1 aliphatic heterocycles. The molecule has 0 aliphatic carbocycles. The first-order chi connectivity index (χ1) is 10.9. The third-order valence-corrected chi connectivity index (χ3v) is 4.92. The second-order valence-electron chi connectivity index (χ2n) is 4.65. The molecule has 1 aliphatic rings. The fourth-order valence-corrected chi connectivity index (χ4v) is 3.47. The van der Waals surface area contributed by atoms with Crippen LogP contribution in [0.15, 0.2) is 39.7 Å². The van der Waals surface area contributed by atoms with Gasteiger partial charge in [-0.2, -0.15) is 0 Å². The highest BCUT2D eigenvalue weighted by Gasteiger charge is 2.35. The fourth-order valence-electron chi connectivity index (χ4n) is 1.99. The maximum atomic E-state index is 13.1. The van der Waals surface area contributed by atoms with E-state index < -0.39 is 17.0 Å². The van der Waals surface area contributed by atoms with Crippen LogP contribution in [0, 0.1) is 9.58 Å². The van der Waals surface area contributed by atoms with Gasteiger partial charge in [0.2, 0.25) is 0 Å². The summed E-state index contributed by atoms with van der Waals surface area (Å²) >= 11 is 8.79. The molecule has 1 saturated heterocycles. The lowest BCUT2D eigenvalue weighted by molar-refractivity contribution is -0.123. The van der Waals surface area contributed by atoms with Gasteiger partial charge in [0.1, 0.15) is 11.6 Å². The lowest BCUT2D eigenvalue weighted by Crippen LogP contribution is -2.27. The van der Waals surface area contributed by atoms with Crippen molar-refractivity contribution >= 4 is 63.2 Å². The third kappa shape index (κ3) is 3.61. The molecule has 1 fully saturated rings. The Morgan fingerprint density at radius 1 is 1.30 bits per heavy atom. The molecule has 0 spiro atoms. The van der Waals surface area contributed by atoms with Gasteiger partial charge in [0, 0.05) is 11.1 Å². The molecule has 8 heteroatoms. The zero-order valence-electron chi connectivity index (χ0n) is 11.4. The number of halogens is 3. The van der Waals surface area contributed by atoms with E-state index >= 15 is 0 Å².